The standard InChI is InChI=1S/C12H16BrNO2/c1-3-16-8-12(15)14-9(2)10-6-4-5-7-11(10)13/h4-7,9H,3,8H2,1-2H3,(H,14,15)/t9-/m0/s1. The van der Waals surface area contributed by atoms with Crippen molar-refractivity contribution in [1.82, 2.24) is 5.32 Å². The molecule has 0 fully saturated rings. The number of hydrogen-bond donors (Lipinski definition) is 1. The van der Waals surface area contributed by atoms with E-state index in [-0.39, 0.29) is 18.6 Å². The highest BCUT2D eigenvalue weighted by Gasteiger charge is 2.11. The van der Waals surface area contributed by atoms with Crippen LogP contribution in [0, 0.1) is 0 Å². The molecule has 3 nitrogen and oxygen atoms in total. The topological polar surface area (TPSA) is 38.3 Å². The number of nitrogens with one attached hydrogen (secondary N) is 1. The number of carbonyl (C=O) groups is 1. The normalized spacial score (nSPS) is 12.2. The van der Waals surface area contributed by atoms with E-state index < -0.39 is 0 Å². The zero-order chi connectivity index (χ0) is 12.0. The molecule has 0 saturated heterocycles. The van der Waals surface area contributed by atoms with E-state index in [1.165, 1.54) is 0 Å². The molecule has 1 aromatic carbocycles. The van der Waals surface area contributed by atoms with Crippen molar-refractivity contribution in [3.8, 4) is 0 Å². The van der Waals surface area contributed by atoms with E-state index in [1.807, 2.05) is 38.1 Å². The number of ether oxygens (including phenoxy) is 1. The summed E-state index contributed by atoms with van der Waals surface area (Å²) < 4.78 is 6.04. The first-order valence-electron chi connectivity index (χ1n) is 5.26. The summed E-state index contributed by atoms with van der Waals surface area (Å²) in [5.41, 5.74) is 1.06. The number of carbonyl (C=O) groups excluding carboxylic acids is 1. The van der Waals surface area contributed by atoms with E-state index in [4.69, 9.17) is 4.74 Å². The minimum Gasteiger partial charge on any atom is -0.372 e. The molecule has 0 spiro atoms. The van der Waals surface area contributed by atoms with Crippen LogP contribution in [-0.4, -0.2) is 19.1 Å². The van der Waals surface area contributed by atoms with Crippen LogP contribution in [0.25, 0.3) is 0 Å². The quantitative estimate of drug-likeness (QED) is 0.903. The van der Waals surface area contributed by atoms with E-state index in [2.05, 4.69) is 21.2 Å². The fourth-order valence-corrected chi connectivity index (χ4v) is 2.01. The Hall–Kier alpha value is -0.870. The van der Waals surface area contributed by atoms with Gasteiger partial charge in [0.25, 0.3) is 0 Å². The average Bonchev–Trinajstić information content (AvgIpc) is 2.26. The first kappa shape index (κ1) is 13.2. The first-order valence-corrected chi connectivity index (χ1v) is 6.06. The van der Waals surface area contributed by atoms with E-state index in [9.17, 15) is 4.79 Å². The molecule has 0 unspecified atom stereocenters. The maximum atomic E-state index is 11.4. The van der Waals surface area contributed by atoms with Crippen LogP contribution in [0.1, 0.15) is 25.5 Å². The molecular weight excluding hydrogens is 270 g/mol. The van der Waals surface area contributed by atoms with E-state index in [0.717, 1.165) is 10.0 Å². The summed E-state index contributed by atoms with van der Waals surface area (Å²) in [5, 5.41) is 2.88. The molecule has 0 bridgehead atoms. The van der Waals surface area contributed by atoms with Crippen molar-refractivity contribution in [2.24, 2.45) is 0 Å². The van der Waals surface area contributed by atoms with E-state index in [0.29, 0.717) is 6.61 Å². The molecule has 16 heavy (non-hydrogen) atoms. The number of amides is 1. The molecule has 1 amide bonds. The van der Waals surface area contributed by atoms with E-state index >= 15 is 0 Å². The summed E-state index contributed by atoms with van der Waals surface area (Å²) in [6.07, 6.45) is 0. The highest BCUT2D eigenvalue weighted by molar-refractivity contribution is 9.10. The Morgan fingerprint density at radius 2 is 2.19 bits per heavy atom. The number of hydrogen-bond acceptors (Lipinski definition) is 2. The molecule has 1 atom stereocenters. The van der Waals surface area contributed by atoms with Crippen molar-refractivity contribution in [2.45, 2.75) is 19.9 Å². The minimum absolute atomic E-state index is 0.0245. The van der Waals surface area contributed by atoms with Crippen molar-refractivity contribution in [3.05, 3.63) is 34.3 Å². The second kappa shape index (κ2) is 6.66. The SMILES string of the molecule is CCOCC(=O)N[C@@H](C)c1ccccc1Br. The third kappa shape index (κ3) is 3.94. The Morgan fingerprint density at radius 1 is 1.50 bits per heavy atom. The Balaban J connectivity index is 2.55. The molecule has 1 N–H and O–H groups in total. The first-order chi connectivity index (χ1) is 7.65. The monoisotopic (exact) mass is 285 g/mol. The van der Waals surface area contributed by atoms with Crippen LogP contribution in [0.4, 0.5) is 0 Å². The van der Waals surface area contributed by atoms with Crippen molar-refractivity contribution in [1.29, 1.82) is 0 Å². The lowest BCUT2D eigenvalue weighted by Crippen LogP contribution is -2.30. The molecule has 0 radical (unpaired) electrons. The van der Waals surface area contributed by atoms with Crippen LogP contribution >= 0.6 is 15.9 Å². The van der Waals surface area contributed by atoms with Gasteiger partial charge in [-0.3, -0.25) is 4.79 Å². The van der Waals surface area contributed by atoms with Gasteiger partial charge in [-0.15, -0.1) is 0 Å². The van der Waals surface area contributed by atoms with Crippen LogP contribution in [0.2, 0.25) is 0 Å². The largest absolute Gasteiger partial charge is 0.372 e. The van der Waals surface area contributed by atoms with Gasteiger partial charge in [0.2, 0.25) is 5.91 Å². The molecular formula is C12H16BrNO2. The number of halogens is 1. The van der Waals surface area contributed by atoms with Gasteiger partial charge in [0.15, 0.2) is 0 Å². The van der Waals surface area contributed by atoms with Gasteiger partial charge in [-0.25, -0.2) is 0 Å². The van der Waals surface area contributed by atoms with Crippen LogP contribution in [0.5, 0.6) is 0 Å². The molecule has 0 aliphatic rings. The lowest BCUT2D eigenvalue weighted by molar-refractivity contribution is -0.126. The Labute approximate surface area is 104 Å². The van der Waals surface area contributed by atoms with Gasteiger partial charge in [-0.1, -0.05) is 34.1 Å². The summed E-state index contributed by atoms with van der Waals surface area (Å²) in [5.74, 6) is -0.0925. The highest BCUT2D eigenvalue weighted by Crippen LogP contribution is 2.22. The molecule has 1 rings (SSSR count). The van der Waals surface area contributed by atoms with Crippen molar-refractivity contribution in [3.63, 3.8) is 0 Å². The van der Waals surface area contributed by atoms with Crippen LogP contribution in [-0.2, 0) is 9.53 Å². The minimum atomic E-state index is -0.0925. The summed E-state index contributed by atoms with van der Waals surface area (Å²) in [4.78, 5) is 11.4. The number of rotatable bonds is 5. The van der Waals surface area contributed by atoms with Gasteiger partial charge >= 0.3 is 0 Å². The lowest BCUT2D eigenvalue weighted by atomic mass is 10.1. The second-order valence-electron chi connectivity index (χ2n) is 3.45. The third-order valence-corrected chi connectivity index (χ3v) is 2.91. The van der Waals surface area contributed by atoms with Crippen LogP contribution < -0.4 is 5.32 Å². The molecule has 0 saturated carbocycles. The Bertz CT molecular complexity index is 355. The summed E-state index contributed by atoms with van der Waals surface area (Å²) in [6.45, 7) is 4.48. The molecule has 0 aliphatic carbocycles. The van der Waals surface area contributed by atoms with Gasteiger partial charge in [0.1, 0.15) is 6.61 Å². The third-order valence-electron chi connectivity index (χ3n) is 2.19. The molecule has 88 valence electrons. The maximum absolute atomic E-state index is 11.4. The highest BCUT2D eigenvalue weighted by atomic mass is 79.9. The van der Waals surface area contributed by atoms with Crippen LogP contribution in [0.3, 0.4) is 0 Å². The predicted molar refractivity (Wildman–Crippen MR) is 67.2 cm³/mol. The van der Waals surface area contributed by atoms with Gasteiger partial charge in [-0.2, -0.15) is 0 Å². The summed E-state index contributed by atoms with van der Waals surface area (Å²) in [7, 11) is 0. The van der Waals surface area contributed by atoms with Crippen molar-refractivity contribution >= 4 is 21.8 Å². The predicted octanol–water partition coefficient (Wildman–Crippen LogP) is 2.66. The fraction of sp³-hybridized carbons (Fsp3) is 0.417. The average molecular weight is 286 g/mol. The van der Waals surface area contributed by atoms with Crippen LogP contribution in [0.15, 0.2) is 28.7 Å². The zero-order valence-electron chi connectivity index (χ0n) is 9.50. The van der Waals surface area contributed by atoms with Gasteiger partial charge < -0.3 is 10.1 Å². The fourth-order valence-electron chi connectivity index (χ4n) is 1.38. The van der Waals surface area contributed by atoms with Gasteiger partial charge in [0, 0.05) is 11.1 Å². The molecule has 0 heterocycles. The zero-order valence-corrected chi connectivity index (χ0v) is 11.1. The summed E-state index contributed by atoms with van der Waals surface area (Å²) in [6, 6.07) is 7.81. The second-order valence-corrected chi connectivity index (χ2v) is 4.30. The Kier molecular flexibility index (Phi) is 5.49. The maximum Gasteiger partial charge on any atom is 0.246 e. The summed E-state index contributed by atoms with van der Waals surface area (Å²) >= 11 is 3.46. The van der Waals surface area contributed by atoms with Crippen molar-refractivity contribution in [2.75, 3.05) is 13.2 Å². The van der Waals surface area contributed by atoms with Gasteiger partial charge in [0.05, 0.1) is 6.04 Å². The van der Waals surface area contributed by atoms with E-state index in [1.54, 1.807) is 0 Å². The molecule has 0 aliphatic heterocycles. The van der Waals surface area contributed by atoms with Crippen molar-refractivity contribution < 1.29 is 9.53 Å². The smallest absolute Gasteiger partial charge is 0.246 e. The number of benzene rings is 1. The Morgan fingerprint density at radius 3 is 2.81 bits per heavy atom. The molecule has 0 aromatic heterocycles. The molecule has 4 heteroatoms. The van der Waals surface area contributed by atoms with Gasteiger partial charge in [-0.05, 0) is 25.5 Å². The molecule has 1 aromatic rings. The lowest BCUT2D eigenvalue weighted by Gasteiger charge is -2.15.